The quantitative estimate of drug-likeness (QED) is 0.380. The van der Waals surface area contributed by atoms with E-state index in [0.717, 1.165) is 17.4 Å². The summed E-state index contributed by atoms with van der Waals surface area (Å²) >= 11 is 0.973. The zero-order chi connectivity index (χ0) is 24.8. The predicted octanol–water partition coefficient (Wildman–Crippen LogP) is 4.81. The highest BCUT2D eigenvalue weighted by molar-refractivity contribution is 7.18. The Morgan fingerprint density at radius 3 is 2.60 bits per heavy atom. The molecule has 0 unspecified atom stereocenters. The number of carbonyl (C=O) groups excluding carboxylic acids is 1. The third-order valence-electron chi connectivity index (χ3n) is 5.53. The van der Waals surface area contributed by atoms with Gasteiger partial charge in [0, 0.05) is 5.56 Å². The summed E-state index contributed by atoms with van der Waals surface area (Å²) in [5.74, 6) is -0.994. The van der Waals surface area contributed by atoms with Gasteiger partial charge in [-0.1, -0.05) is 18.2 Å². The van der Waals surface area contributed by atoms with Crippen molar-refractivity contribution in [2.75, 3.05) is 0 Å². The van der Waals surface area contributed by atoms with Crippen LogP contribution in [0.15, 0.2) is 40.8 Å². The number of nitrogens with zero attached hydrogens (tertiary/aromatic N) is 4. The average molecular weight is 501 g/mol. The molecule has 2 heterocycles. The van der Waals surface area contributed by atoms with Crippen molar-refractivity contribution < 1.29 is 26.8 Å². The van der Waals surface area contributed by atoms with E-state index >= 15 is 4.39 Å². The molecule has 2 aromatic carbocycles. The summed E-state index contributed by atoms with van der Waals surface area (Å²) in [7, 11) is 0. The molecule has 0 spiro atoms. The Bertz CT molecular complexity index is 1480. The lowest BCUT2D eigenvalue weighted by atomic mass is 9.98. The minimum Gasteiger partial charge on any atom is -0.424 e. The molecule has 1 amide bonds. The molecule has 1 aliphatic rings. The van der Waals surface area contributed by atoms with Crippen molar-refractivity contribution in [3.63, 3.8) is 0 Å². The maximum absolute atomic E-state index is 15.3. The largest absolute Gasteiger partial charge is 0.424 e. The number of nitrogens with one attached hydrogen (secondary N) is 1. The lowest BCUT2D eigenvalue weighted by molar-refractivity contribution is -0.137. The summed E-state index contributed by atoms with van der Waals surface area (Å²) in [5.41, 5.74) is -1.85. The summed E-state index contributed by atoms with van der Waals surface area (Å²) in [6, 6.07) is 9.62. The second-order valence-corrected chi connectivity index (χ2v) is 9.20. The average Bonchev–Trinajstić information content (AvgIpc) is 3.24. The molecule has 4 aromatic rings. The lowest BCUT2D eigenvalue weighted by Crippen LogP contribution is -2.36. The molecule has 1 N–H and O–H groups in total. The zero-order valence-corrected chi connectivity index (χ0v) is 18.6. The normalized spacial score (nSPS) is 14.6. The Hall–Kier alpha value is -3.85. The van der Waals surface area contributed by atoms with E-state index in [1.165, 1.54) is 30.3 Å². The van der Waals surface area contributed by atoms with Crippen molar-refractivity contribution >= 4 is 27.5 Å². The minimum absolute atomic E-state index is 0.0595. The number of hydrogen-bond donors (Lipinski definition) is 1. The van der Waals surface area contributed by atoms with Crippen LogP contribution in [0, 0.1) is 17.1 Å². The van der Waals surface area contributed by atoms with Gasteiger partial charge < -0.3 is 9.73 Å². The second-order valence-electron chi connectivity index (χ2n) is 8.11. The summed E-state index contributed by atoms with van der Waals surface area (Å²) < 4.78 is 61.1. The van der Waals surface area contributed by atoms with Gasteiger partial charge >= 0.3 is 6.18 Å². The number of hydrogen-bond acceptors (Lipinski definition) is 7. The Labute approximate surface area is 199 Å². The van der Waals surface area contributed by atoms with Gasteiger partial charge in [0.05, 0.1) is 28.3 Å². The van der Waals surface area contributed by atoms with Gasteiger partial charge in [-0.3, -0.25) is 4.79 Å². The number of thiazole rings is 1. The van der Waals surface area contributed by atoms with Crippen LogP contribution in [0.2, 0.25) is 0 Å². The fourth-order valence-corrected chi connectivity index (χ4v) is 4.65. The molecular weight excluding hydrogens is 486 g/mol. The van der Waals surface area contributed by atoms with Gasteiger partial charge in [-0.25, -0.2) is 9.37 Å². The first-order chi connectivity index (χ1) is 16.7. The number of alkyl halides is 3. The Kier molecular flexibility index (Phi) is 5.52. The maximum atomic E-state index is 15.3. The van der Waals surface area contributed by atoms with Crippen molar-refractivity contribution in [3.8, 4) is 17.2 Å². The van der Waals surface area contributed by atoms with Crippen LogP contribution >= 0.6 is 11.3 Å². The molecule has 0 bridgehead atoms. The Morgan fingerprint density at radius 2 is 1.89 bits per heavy atom. The van der Waals surface area contributed by atoms with Crippen LogP contribution in [-0.2, 0) is 23.8 Å². The first kappa shape index (κ1) is 22.9. The molecule has 1 fully saturated rings. The summed E-state index contributed by atoms with van der Waals surface area (Å²) in [4.78, 5) is 16.4. The molecule has 0 atom stereocenters. The van der Waals surface area contributed by atoms with E-state index < -0.39 is 29.0 Å². The molecular formula is C23H15F4N5O2S. The van der Waals surface area contributed by atoms with E-state index in [9.17, 15) is 18.0 Å². The first-order valence-corrected chi connectivity index (χ1v) is 11.3. The zero-order valence-electron chi connectivity index (χ0n) is 17.8. The number of fused-ring (bicyclic) bond motifs is 1. The molecule has 0 radical (unpaired) electrons. The number of benzene rings is 2. The minimum atomic E-state index is -4.63. The summed E-state index contributed by atoms with van der Waals surface area (Å²) in [6.45, 7) is 0. The summed E-state index contributed by atoms with van der Waals surface area (Å²) in [6.07, 6.45) is -3.56. The van der Waals surface area contributed by atoms with Gasteiger partial charge in [-0.15, -0.1) is 21.5 Å². The van der Waals surface area contributed by atoms with Crippen LogP contribution in [0.5, 0.6) is 0 Å². The predicted molar refractivity (Wildman–Crippen MR) is 117 cm³/mol. The van der Waals surface area contributed by atoms with Gasteiger partial charge in [0.1, 0.15) is 22.8 Å². The fraction of sp³-hybridized carbons (Fsp3) is 0.261. The molecule has 2 aromatic heterocycles. The molecule has 35 heavy (non-hydrogen) atoms. The van der Waals surface area contributed by atoms with Gasteiger partial charge in [-0.05, 0) is 36.6 Å². The van der Waals surface area contributed by atoms with Gasteiger partial charge in [0.2, 0.25) is 17.7 Å². The number of amides is 1. The van der Waals surface area contributed by atoms with E-state index in [2.05, 4.69) is 26.6 Å². The smallest absolute Gasteiger partial charge is 0.417 e. The highest BCUT2D eigenvalue weighted by atomic mass is 32.1. The van der Waals surface area contributed by atoms with Crippen molar-refractivity contribution in [1.82, 2.24) is 20.5 Å². The van der Waals surface area contributed by atoms with Crippen LogP contribution in [0.3, 0.4) is 0 Å². The number of aromatic nitrogens is 3. The standard InChI is InChI=1S/C23H15F4N5O2S/c24-20-13(12-3-1-2-4-14(12)23(25,26)27)5-6-15-21(20)35-19(29-15)10-18-32-31-17(34-18)9-16(33)30-22(11-28)7-8-22/h1-6H,7-10H2,(H,30,33). The molecule has 178 valence electrons. The monoisotopic (exact) mass is 501 g/mol. The van der Waals surface area contributed by atoms with E-state index in [-0.39, 0.29) is 40.4 Å². The SMILES string of the molecule is N#CC1(NC(=O)Cc2nnc(Cc3nc4ccc(-c5ccccc5C(F)(F)F)c(F)c4s3)o2)CC1. The topological polar surface area (TPSA) is 105 Å². The number of carbonyl (C=O) groups is 1. The highest BCUT2D eigenvalue weighted by Gasteiger charge is 2.44. The Balaban J connectivity index is 1.36. The number of nitriles is 1. The molecule has 5 rings (SSSR count). The summed E-state index contributed by atoms with van der Waals surface area (Å²) in [5, 5.41) is 19.8. The van der Waals surface area contributed by atoms with Crippen LogP contribution in [0.25, 0.3) is 21.3 Å². The van der Waals surface area contributed by atoms with Crippen molar-refractivity contribution in [3.05, 3.63) is 64.6 Å². The van der Waals surface area contributed by atoms with Crippen molar-refractivity contribution in [2.45, 2.75) is 37.4 Å². The van der Waals surface area contributed by atoms with E-state index in [0.29, 0.717) is 23.4 Å². The number of halogens is 4. The third-order valence-corrected chi connectivity index (χ3v) is 6.59. The van der Waals surface area contributed by atoms with Gasteiger partial charge in [0.15, 0.2) is 0 Å². The Morgan fingerprint density at radius 1 is 1.14 bits per heavy atom. The van der Waals surface area contributed by atoms with Crippen molar-refractivity contribution in [1.29, 1.82) is 5.26 Å². The molecule has 1 saturated carbocycles. The molecule has 1 aliphatic carbocycles. The maximum Gasteiger partial charge on any atom is 0.417 e. The molecule has 0 aliphatic heterocycles. The van der Waals surface area contributed by atoms with Gasteiger partial charge in [-0.2, -0.15) is 18.4 Å². The van der Waals surface area contributed by atoms with E-state index in [4.69, 9.17) is 9.68 Å². The number of rotatable bonds is 6. The fourth-order valence-electron chi connectivity index (χ4n) is 3.65. The molecule has 7 nitrogen and oxygen atoms in total. The van der Waals surface area contributed by atoms with Gasteiger partial charge in [0.25, 0.3) is 0 Å². The second kappa shape index (κ2) is 8.42. The van der Waals surface area contributed by atoms with Crippen LogP contribution in [0.1, 0.15) is 35.2 Å². The van der Waals surface area contributed by atoms with Crippen LogP contribution in [-0.4, -0.2) is 26.6 Å². The molecule has 0 saturated heterocycles. The van der Waals surface area contributed by atoms with Crippen LogP contribution < -0.4 is 5.32 Å². The molecule has 12 heteroatoms. The van der Waals surface area contributed by atoms with Crippen molar-refractivity contribution in [2.24, 2.45) is 0 Å². The first-order valence-electron chi connectivity index (χ1n) is 10.5. The van der Waals surface area contributed by atoms with Crippen LogP contribution in [0.4, 0.5) is 17.6 Å². The third kappa shape index (κ3) is 4.59. The van der Waals surface area contributed by atoms with E-state index in [1.54, 1.807) is 0 Å². The lowest BCUT2D eigenvalue weighted by Gasteiger charge is -2.13. The van der Waals surface area contributed by atoms with E-state index in [1.807, 2.05) is 0 Å². The highest BCUT2D eigenvalue weighted by Crippen LogP contribution is 2.40.